The molecule has 0 radical (unpaired) electrons. The molecule has 0 aromatic heterocycles. The molecule has 80 valence electrons. The highest BCUT2D eigenvalue weighted by molar-refractivity contribution is 8.04. The predicted octanol–water partition coefficient (Wildman–Crippen LogP) is 2.30. The number of aliphatic imine (C=N–C) groups is 1. The van der Waals surface area contributed by atoms with Crippen molar-refractivity contribution in [3.63, 3.8) is 0 Å². The minimum atomic E-state index is -0.861. The molecule has 0 fully saturated rings. The molecule has 0 aromatic carbocycles. The molecule has 0 saturated heterocycles. The summed E-state index contributed by atoms with van der Waals surface area (Å²) in [7, 11) is 0. The third kappa shape index (κ3) is 1.10. The summed E-state index contributed by atoms with van der Waals surface area (Å²) in [4.78, 5) is 15.5. The van der Waals surface area contributed by atoms with Crippen molar-refractivity contribution in [1.29, 1.82) is 0 Å². The zero-order valence-corrected chi connectivity index (χ0v) is 9.20. The molecular formula is C12H9NO2S. The maximum Gasteiger partial charge on any atom is 0.336 e. The second-order valence-electron chi connectivity index (χ2n) is 3.82. The first-order valence-corrected chi connectivity index (χ1v) is 5.86. The summed E-state index contributed by atoms with van der Waals surface area (Å²) >= 11 is 1.55. The number of carboxylic acid groups (broad SMARTS) is 1. The number of dihydropyridines is 1. The molecule has 1 aliphatic carbocycles. The molecular weight excluding hydrogens is 222 g/mol. The number of carbonyl (C=O) groups is 1. The smallest absolute Gasteiger partial charge is 0.336 e. The van der Waals surface area contributed by atoms with E-state index in [1.807, 2.05) is 18.2 Å². The van der Waals surface area contributed by atoms with Gasteiger partial charge in [-0.15, -0.1) is 11.8 Å². The van der Waals surface area contributed by atoms with Gasteiger partial charge in [0.15, 0.2) is 0 Å². The van der Waals surface area contributed by atoms with E-state index < -0.39 is 5.97 Å². The van der Waals surface area contributed by atoms with Gasteiger partial charge in [-0.1, -0.05) is 12.2 Å². The van der Waals surface area contributed by atoms with E-state index in [2.05, 4.69) is 11.1 Å². The molecule has 0 amide bonds. The molecule has 1 spiro atoms. The summed E-state index contributed by atoms with van der Waals surface area (Å²) in [6, 6.07) is 0. The second kappa shape index (κ2) is 3.22. The average Bonchev–Trinajstić information content (AvgIpc) is 2.66. The quantitative estimate of drug-likeness (QED) is 0.753. The van der Waals surface area contributed by atoms with Gasteiger partial charge in [-0.25, -0.2) is 4.79 Å². The summed E-state index contributed by atoms with van der Waals surface area (Å²) in [6.07, 6.45) is 10.3. The monoisotopic (exact) mass is 231 g/mol. The summed E-state index contributed by atoms with van der Waals surface area (Å²) in [5.74, 6) is -0.861. The normalized spacial score (nSPS) is 30.1. The van der Waals surface area contributed by atoms with Gasteiger partial charge in [-0.3, -0.25) is 4.99 Å². The molecule has 3 nitrogen and oxygen atoms in total. The van der Waals surface area contributed by atoms with E-state index in [0.29, 0.717) is 5.57 Å². The van der Waals surface area contributed by atoms with Gasteiger partial charge in [-0.2, -0.15) is 0 Å². The Kier molecular flexibility index (Phi) is 1.94. The van der Waals surface area contributed by atoms with Crippen molar-refractivity contribution in [2.75, 3.05) is 0 Å². The van der Waals surface area contributed by atoms with E-state index in [0.717, 1.165) is 17.7 Å². The maximum absolute atomic E-state index is 11.1. The number of allylic oxidation sites excluding steroid dienone is 4. The van der Waals surface area contributed by atoms with Crippen LogP contribution in [0.4, 0.5) is 0 Å². The summed E-state index contributed by atoms with van der Waals surface area (Å²) < 4.78 is -0.281. The molecule has 0 bridgehead atoms. The maximum atomic E-state index is 11.1. The van der Waals surface area contributed by atoms with Crippen LogP contribution in [0.15, 0.2) is 51.5 Å². The van der Waals surface area contributed by atoms with E-state index in [9.17, 15) is 4.79 Å². The van der Waals surface area contributed by atoms with E-state index in [4.69, 9.17) is 5.11 Å². The Balaban J connectivity index is 2.14. The lowest BCUT2D eigenvalue weighted by Gasteiger charge is -2.33. The first-order chi connectivity index (χ1) is 7.74. The van der Waals surface area contributed by atoms with E-state index in [1.165, 1.54) is 0 Å². The number of nitrogens with zero attached hydrogens (tertiary/aromatic N) is 1. The van der Waals surface area contributed by atoms with Crippen LogP contribution in [0.2, 0.25) is 0 Å². The van der Waals surface area contributed by atoms with Crippen molar-refractivity contribution in [2.24, 2.45) is 4.99 Å². The SMILES string of the molecule is O=C(O)C1=CSC23CC=CC=C2N=CC=C13. The van der Waals surface area contributed by atoms with Crippen LogP contribution in [0.5, 0.6) is 0 Å². The molecule has 0 aromatic rings. The molecule has 2 heterocycles. The van der Waals surface area contributed by atoms with E-state index >= 15 is 0 Å². The highest BCUT2D eigenvalue weighted by Crippen LogP contribution is 2.54. The number of carboxylic acids is 1. The summed E-state index contributed by atoms with van der Waals surface area (Å²) in [5, 5.41) is 10.9. The molecule has 1 atom stereocenters. The zero-order chi connectivity index (χ0) is 11.2. The molecule has 1 N–H and O–H groups in total. The molecule has 2 aliphatic heterocycles. The van der Waals surface area contributed by atoms with Crippen molar-refractivity contribution < 1.29 is 9.90 Å². The van der Waals surface area contributed by atoms with Crippen molar-refractivity contribution in [3.8, 4) is 0 Å². The van der Waals surface area contributed by atoms with Crippen LogP contribution in [-0.2, 0) is 4.79 Å². The van der Waals surface area contributed by atoms with Gasteiger partial charge in [0.25, 0.3) is 0 Å². The highest BCUT2D eigenvalue weighted by atomic mass is 32.2. The van der Waals surface area contributed by atoms with Gasteiger partial charge in [0.1, 0.15) is 0 Å². The number of aliphatic carboxylic acids is 1. The van der Waals surface area contributed by atoms with Crippen LogP contribution in [-0.4, -0.2) is 22.0 Å². The Hall–Kier alpha value is -1.55. The van der Waals surface area contributed by atoms with Crippen LogP contribution in [0.25, 0.3) is 0 Å². The van der Waals surface area contributed by atoms with Gasteiger partial charge in [-0.05, 0) is 29.6 Å². The van der Waals surface area contributed by atoms with Crippen LogP contribution < -0.4 is 0 Å². The largest absolute Gasteiger partial charge is 0.478 e. The van der Waals surface area contributed by atoms with Crippen molar-refractivity contribution in [3.05, 3.63) is 46.6 Å². The number of hydrogen-bond acceptors (Lipinski definition) is 3. The molecule has 3 aliphatic rings. The standard InChI is InChI=1S/C12H9NO2S/c14-11(15)8-7-16-12-5-2-1-3-10(12)13-6-4-9(8)12/h1-4,6-7H,5H2,(H,14,15). The fourth-order valence-electron chi connectivity index (χ4n) is 2.22. The fraction of sp³-hybridized carbons (Fsp3) is 0.167. The minimum Gasteiger partial charge on any atom is -0.478 e. The second-order valence-corrected chi connectivity index (χ2v) is 4.99. The number of hydrogen-bond donors (Lipinski definition) is 1. The Bertz CT molecular complexity index is 525. The lowest BCUT2D eigenvalue weighted by molar-refractivity contribution is -0.132. The molecule has 1 unspecified atom stereocenters. The first-order valence-electron chi connectivity index (χ1n) is 4.98. The van der Waals surface area contributed by atoms with Crippen LogP contribution in [0.1, 0.15) is 6.42 Å². The van der Waals surface area contributed by atoms with Crippen molar-refractivity contribution >= 4 is 23.9 Å². The lowest BCUT2D eigenvalue weighted by atomic mass is 9.83. The third-order valence-electron chi connectivity index (χ3n) is 3.00. The topological polar surface area (TPSA) is 49.7 Å². The molecule has 4 heteroatoms. The predicted molar refractivity (Wildman–Crippen MR) is 64.5 cm³/mol. The molecule has 0 saturated carbocycles. The van der Waals surface area contributed by atoms with Crippen molar-refractivity contribution in [1.82, 2.24) is 0 Å². The Morgan fingerprint density at radius 2 is 2.38 bits per heavy atom. The van der Waals surface area contributed by atoms with Gasteiger partial charge in [0, 0.05) is 6.21 Å². The fourth-order valence-corrected chi connectivity index (χ4v) is 3.51. The van der Waals surface area contributed by atoms with Crippen LogP contribution in [0, 0.1) is 0 Å². The van der Waals surface area contributed by atoms with Gasteiger partial charge in [0.2, 0.25) is 0 Å². The minimum absolute atomic E-state index is 0.281. The highest BCUT2D eigenvalue weighted by Gasteiger charge is 2.46. The van der Waals surface area contributed by atoms with E-state index in [-0.39, 0.29) is 4.75 Å². The average molecular weight is 231 g/mol. The first kappa shape index (κ1) is 9.66. The lowest BCUT2D eigenvalue weighted by Crippen LogP contribution is -2.31. The zero-order valence-electron chi connectivity index (χ0n) is 8.38. The Morgan fingerprint density at radius 1 is 1.50 bits per heavy atom. The molecule has 16 heavy (non-hydrogen) atoms. The molecule has 3 rings (SSSR count). The van der Waals surface area contributed by atoms with Crippen LogP contribution in [0.3, 0.4) is 0 Å². The summed E-state index contributed by atoms with van der Waals surface area (Å²) in [5.41, 5.74) is 2.22. The van der Waals surface area contributed by atoms with Gasteiger partial charge >= 0.3 is 5.97 Å². The Labute approximate surface area is 97.0 Å². The van der Waals surface area contributed by atoms with Crippen molar-refractivity contribution in [2.45, 2.75) is 11.2 Å². The Morgan fingerprint density at radius 3 is 3.19 bits per heavy atom. The third-order valence-corrected chi connectivity index (χ3v) is 4.35. The van der Waals surface area contributed by atoms with E-state index in [1.54, 1.807) is 23.4 Å². The van der Waals surface area contributed by atoms with Crippen LogP contribution >= 0.6 is 11.8 Å². The summed E-state index contributed by atoms with van der Waals surface area (Å²) in [6.45, 7) is 0. The number of rotatable bonds is 1. The van der Waals surface area contributed by atoms with Gasteiger partial charge in [0.05, 0.1) is 16.0 Å². The van der Waals surface area contributed by atoms with Gasteiger partial charge < -0.3 is 5.11 Å². The number of thioether (sulfide) groups is 1.